The van der Waals surface area contributed by atoms with E-state index in [-0.39, 0.29) is 0 Å². The van der Waals surface area contributed by atoms with Crippen molar-refractivity contribution in [3.8, 4) is 0 Å². The van der Waals surface area contributed by atoms with Crippen LogP contribution in [0.1, 0.15) is 50.0 Å². The van der Waals surface area contributed by atoms with Crippen molar-refractivity contribution >= 4 is 28.9 Å². The van der Waals surface area contributed by atoms with Crippen molar-refractivity contribution in [2.75, 3.05) is 11.9 Å². The minimum atomic E-state index is 0.594. The highest BCUT2D eigenvalue weighted by atomic mass is 35.5. The van der Waals surface area contributed by atoms with Crippen LogP contribution in [0.4, 0.5) is 5.69 Å². The van der Waals surface area contributed by atoms with Crippen LogP contribution in [-0.4, -0.2) is 6.54 Å². The first-order valence-electron chi connectivity index (χ1n) is 6.97. The van der Waals surface area contributed by atoms with Crippen molar-refractivity contribution in [1.82, 2.24) is 0 Å². The van der Waals surface area contributed by atoms with E-state index in [1.54, 1.807) is 0 Å². The largest absolute Gasteiger partial charge is 0.383 e. The third-order valence-corrected chi connectivity index (χ3v) is 4.97. The Hall–Kier alpha value is -0.400. The minimum absolute atomic E-state index is 0.594. The molecule has 0 bridgehead atoms. The zero-order valence-corrected chi connectivity index (χ0v) is 12.0. The quantitative estimate of drug-likeness (QED) is 0.775. The number of fused-ring (bicyclic) bond motifs is 1. The van der Waals surface area contributed by atoms with Gasteiger partial charge >= 0.3 is 0 Å². The molecule has 0 radical (unpaired) electrons. The Labute approximate surface area is 119 Å². The van der Waals surface area contributed by atoms with Crippen molar-refractivity contribution in [3.63, 3.8) is 0 Å². The molecular formula is C15H19Cl2N. The van der Waals surface area contributed by atoms with E-state index in [4.69, 9.17) is 23.2 Å². The van der Waals surface area contributed by atoms with Gasteiger partial charge in [0.25, 0.3) is 0 Å². The summed E-state index contributed by atoms with van der Waals surface area (Å²) in [6, 6.07) is 3.91. The van der Waals surface area contributed by atoms with Gasteiger partial charge in [0.15, 0.2) is 0 Å². The Morgan fingerprint density at radius 3 is 2.67 bits per heavy atom. The predicted molar refractivity (Wildman–Crippen MR) is 78.9 cm³/mol. The van der Waals surface area contributed by atoms with E-state index >= 15 is 0 Å². The van der Waals surface area contributed by atoms with Crippen molar-refractivity contribution < 1.29 is 0 Å². The van der Waals surface area contributed by atoms with Crippen molar-refractivity contribution in [1.29, 1.82) is 0 Å². The topological polar surface area (TPSA) is 12.0 Å². The summed E-state index contributed by atoms with van der Waals surface area (Å²) in [4.78, 5) is 0. The molecule has 1 atom stereocenters. The first-order valence-corrected chi connectivity index (χ1v) is 7.72. The van der Waals surface area contributed by atoms with Gasteiger partial charge in [0.05, 0.1) is 10.7 Å². The maximum Gasteiger partial charge on any atom is 0.0655 e. The zero-order chi connectivity index (χ0) is 12.5. The van der Waals surface area contributed by atoms with E-state index < -0.39 is 0 Å². The molecule has 0 aromatic heterocycles. The Bertz CT molecular complexity index is 438. The molecule has 1 saturated carbocycles. The number of nitrogens with one attached hydrogen (secondary N) is 1. The second kappa shape index (κ2) is 5.30. The molecule has 0 saturated heterocycles. The van der Waals surface area contributed by atoms with E-state index in [2.05, 4.69) is 11.4 Å². The summed E-state index contributed by atoms with van der Waals surface area (Å²) in [6.45, 7) is 1.02. The van der Waals surface area contributed by atoms with Crippen LogP contribution in [0.3, 0.4) is 0 Å². The van der Waals surface area contributed by atoms with Crippen LogP contribution in [0.5, 0.6) is 0 Å². The van der Waals surface area contributed by atoms with Crippen LogP contribution in [0.15, 0.2) is 12.1 Å². The first kappa shape index (κ1) is 12.6. The molecule has 3 rings (SSSR count). The fraction of sp³-hybridized carbons (Fsp3) is 0.600. The molecular weight excluding hydrogens is 265 g/mol. The molecule has 18 heavy (non-hydrogen) atoms. The average Bonchev–Trinajstić information content (AvgIpc) is 2.94. The third kappa shape index (κ3) is 2.48. The van der Waals surface area contributed by atoms with Crippen LogP contribution in [-0.2, 0) is 0 Å². The third-order valence-electron chi connectivity index (χ3n) is 4.45. The van der Waals surface area contributed by atoms with Crippen molar-refractivity contribution in [2.24, 2.45) is 5.92 Å². The summed E-state index contributed by atoms with van der Waals surface area (Å²) < 4.78 is 0. The molecule has 1 aliphatic heterocycles. The van der Waals surface area contributed by atoms with Crippen LogP contribution in [0.2, 0.25) is 10.0 Å². The van der Waals surface area contributed by atoms with E-state index in [1.807, 2.05) is 6.07 Å². The Balaban J connectivity index is 1.69. The molecule has 1 fully saturated rings. The average molecular weight is 284 g/mol. The predicted octanol–water partition coefficient (Wildman–Crippen LogP) is 5.47. The minimum Gasteiger partial charge on any atom is -0.383 e. The summed E-state index contributed by atoms with van der Waals surface area (Å²) >= 11 is 12.3. The van der Waals surface area contributed by atoms with E-state index in [0.717, 1.165) is 28.2 Å². The van der Waals surface area contributed by atoms with Gasteiger partial charge in [-0.25, -0.2) is 0 Å². The Morgan fingerprint density at radius 1 is 1.11 bits per heavy atom. The van der Waals surface area contributed by atoms with Crippen molar-refractivity contribution in [3.05, 3.63) is 27.7 Å². The molecule has 0 amide bonds. The van der Waals surface area contributed by atoms with Crippen LogP contribution in [0, 0.1) is 5.92 Å². The first-order chi connectivity index (χ1) is 8.74. The molecule has 1 aromatic carbocycles. The maximum atomic E-state index is 6.22. The highest BCUT2D eigenvalue weighted by Gasteiger charge is 2.26. The normalized spacial score (nSPS) is 23.1. The maximum absolute atomic E-state index is 6.22. The number of hydrogen-bond donors (Lipinski definition) is 1. The molecule has 1 N–H and O–H groups in total. The second-order valence-corrected chi connectivity index (χ2v) is 6.50. The van der Waals surface area contributed by atoms with Gasteiger partial charge in [-0.3, -0.25) is 0 Å². The lowest BCUT2D eigenvalue weighted by Crippen LogP contribution is -2.04. The van der Waals surface area contributed by atoms with Gasteiger partial charge in [-0.15, -0.1) is 0 Å². The number of benzene rings is 1. The summed E-state index contributed by atoms with van der Waals surface area (Å²) in [5.41, 5.74) is 2.43. The number of halogens is 2. The molecule has 1 unspecified atom stereocenters. The Morgan fingerprint density at radius 2 is 1.89 bits per heavy atom. The molecule has 1 nitrogen and oxygen atoms in total. The lowest BCUT2D eigenvalue weighted by atomic mass is 9.91. The highest BCUT2D eigenvalue weighted by molar-refractivity contribution is 6.36. The van der Waals surface area contributed by atoms with Crippen LogP contribution >= 0.6 is 23.2 Å². The monoisotopic (exact) mass is 283 g/mol. The lowest BCUT2D eigenvalue weighted by Gasteiger charge is -2.14. The van der Waals surface area contributed by atoms with Gasteiger partial charge in [-0.1, -0.05) is 48.9 Å². The molecule has 98 valence electrons. The zero-order valence-electron chi connectivity index (χ0n) is 10.5. The molecule has 1 heterocycles. The number of hydrogen-bond acceptors (Lipinski definition) is 1. The van der Waals surface area contributed by atoms with E-state index in [9.17, 15) is 0 Å². The molecule has 3 heteroatoms. The summed E-state index contributed by atoms with van der Waals surface area (Å²) in [6.07, 6.45) is 8.35. The highest BCUT2D eigenvalue weighted by Crippen LogP contribution is 2.42. The summed E-state index contributed by atoms with van der Waals surface area (Å²) in [5.74, 6) is 1.56. The molecule has 1 aromatic rings. The lowest BCUT2D eigenvalue weighted by molar-refractivity contribution is 0.459. The van der Waals surface area contributed by atoms with Gasteiger partial charge in [0, 0.05) is 17.5 Å². The summed E-state index contributed by atoms with van der Waals surface area (Å²) in [5, 5.41) is 4.95. The van der Waals surface area contributed by atoms with Crippen molar-refractivity contribution in [2.45, 2.75) is 44.4 Å². The van der Waals surface area contributed by atoms with Crippen LogP contribution < -0.4 is 5.32 Å². The van der Waals surface area contributed by atoms with Crippen LogP contribution in [0.25, 0.3) is 0 Å². The van der Waals surface area contributed by atoms with Gasteiger partial charge in [-0.2, -0.15) is 0 Å². The smallest absolute Gasteiger partial charge is 0.0655 e. The number of anilines is 1. The van der Waals surface area contributed by atoms with Gasteiger partial charge in [0.2, 0.25) is 0 Å². The van der Waals surface area contributed by atoms with E-state index in [0.29, 0.717) is 5.92 Å². The van der Waals surface area contributed by atoms with Gasteiger partial charge < -0.3 is 5.32 Å². The molecule has 2 aliphatic rings. The second-order valence-electron chi connectivity index (χ2n) is 5.66. The molecule has 1 aliphatic carbocycles. The summed E-state index contributed by atoms with van der Waals surface area (Å²) in [7, 11) is 0. The van der Waals surface area contributed by atoms with Gasteiger partial charge in [0.1, 0.15) is 0 Å². The van der Waals surface area contributed by atoms with Gasteiger partial charge in [-0.05, 0) is 36.5 Å². The molecule has 0 spiro atoms. The standard InChI is InChI=1S/C15H19Cl2N/c16-12-7-13-11(6-5-10-3-1-2-4-10)9-18-15(13)14(17)8-12/h7-8,10-11,18H,1-6,9H2. The Kier molecular flexibility index (Phi) is 3.72. The van der Waals surface area contributed by atoms with E-state index in [1.165, 1.54) is 44.1 Å². The fourth-order valence-corrected chi connectivity index (χ4v) is 4.01. The SMILES string of the molecule is Clc1cc(Cl)c2c(c1)C(CCC1CCCC1)CN2. The fourth-order valence-electron chi connectivity index (χ4n) is 3.43. The number of rotatable bonds is 3.